The summed E-state index contributed by atoms with van der Waals surface area (Å²) in [6.07, 6.45) is 1.80. The smallest absolute Gasteiger partial charge is 0.268 e. The van der Waals surface area contributed by atoms with Gasteiger partial charge in [0.1, 0.15) is 10.6 Å². The molecule has 2 rings (SSSR count). The maximum absolute atomic E-state index is 12.1. The van der Waals surface area contributed by atoms with Crippen LogP contribution in [0, 0.1) is 0 Å². The van der Waals surface area contributed by atoms with Crippen LogP contribution in [-0.4, -0.2) is 37.6 Å². The Bertz CT molecular complexity index is 598. The standard InChI is InChI=1S/C11H15ClN2O4S/c1-7-11(2,3-4-18-7)14-10(15)9-5-8(6-13-9)19(12,16)17/h5-7,13H,3-4H2,1-2H3,(H,14,15). The average Bonchev–Trinajstić information content (AvgIpc) is 2.86. The number of carbonyl (C=O) groups excluding carboxylic acids is 1. The Labute approximate surface area is 115 Å². The number of aromatic nitrogens is 1. The van der Waals surface area contributed by atoms with Crippen molar-refractivity contribution in [3.05, 3.63) is 18.0 Å². The molecule has 1 aliphatic rings. The molecular weight excluding hydrogens is 292 g/mol. The van der Waals surface area contributed by atoms with E-state index in [0.29, 0.717) is 13.0 Å². The first-order valence-electron chi connectivity index (χ1n) is 5.79. The van der Waals surface area contributed by atoms with E-state index in [4.69, 9.17) is 15.4 Å². The molecule has 2 N–H and O–H groups in total. The minimum Gasteiger partial charge on any atom is -0.376 e. The molecule has 1 aliphatic heterocycles. The largest absolute Gasteiger partial charge is 0.376 e. The Morgan fingerprint density at radius 1 is 1.63 bits per heavy atom. The van der Waals surface area contributed by atoms with Gasteiger partial charge >= 0.3 is 0 Å². The zero-order chi connectivity index (χ0) is 14.3. The highest BCUT2D eigenvalue weighted by atomic mass is 35.7. The van der Waals surface area contributed by atoms with Gasteiger partial charge in [0, 0.05) is 23.5 Å². The minimum atomic E-state index is -3.83. The molecule has 1 aromatic heterocycles. The topological polar surface area (TPSA) is 88.3 Å². The first-order valence-corrected chi connectivity index (χ1v) is 8.10. The van der Waals surface area contributed by atoms with Crippen LogP contribution < -0.4 is 5.32 Å². The first-order chi connectivity index (χ1) is 8.72. The van der Waals surface area contributed by atoms with Crippen molar-refractivity contribution in [3.63, 3.8) is 0 Å². The van der Waals surface area contributed by atoms with Crippen LogP contribution in [0.1, 0.15) is 30.8 Å². The van der Waals surface area contributed by atoms with Crippen molar-refractivity contribution in [1.82, 2.24) is 10.3 Å². The summed E-state index contributed by atoms with van der Waals surface area (Å²) in [7, 11) is 1.37. The highest BCUT2D eigenvalue weighted by Gasteiger charge is 2.38. The molecule has 0 spiro atoms. The molecule has 0 aliphatic carbocycles. The van der Waals surface area contributed by atoms with Crippen molar-refractivity contribution in [2.24, 2.45) is 0 Å². The Balaban J connectivity index is 2.15. The van der Waals surface area contributed by atoms with Gasteiger partial charge in [-0.1, -0.05) is 0 Å². The highest BCUT2D eigenvalue weighted by Crippen LogP contribution is 2.25. The molecule has 19 heavy (non-hydrogen) atoms. The summed E-state index contributed by atoms with van der Waals surface area (Å²) in [5.74, 6) is -0.383. The van der Waals surface area contributed by atoms with Crippen LogP contribution in [0.15, 0.2) is 17.2 Å². The summed E-state index contributed by atoms with van der Waals surface area (Å²) in [5.41, 5.74) is -0.304. The molecule has 1 amide bonds. The monoisotopic (exact) mass is 306 g/mol. The predicted octanol–water partition coefficient (Wildman–Crippen LogP) is 1.24. The number of H-pyrrole nitrogens is 1. The molecule has 0 radical (unpaired) electrons. The molecule has 2 atom stereocenters. The van der Waals surface area contributed by atoms with Crippen LogP contribution in [0.25, 0.3) is 0 Å². The van der Waals surface area contributed by atoms with Crippen LogP contribution in [-0.2, 0) is 13.8 Å². The van der Waals surface area contributed by atoms with Crippen LogP contribution in [0.5, 0.6) is 0 Å². The van der Waals surface area contributed by atoms with Crippen LogP contribution in [0.3, 0.4) is 0 Å². The molecule has 0 bridgehead atoms. The Morgan fingerprint density at radius 3 is 2.79 bits per heavy atom. The molecule has 8 heteroatoms. The third-order valence-corrected chi connectivity index (χ3v) is 4.80. The van der Waals surface area contributed by atoms with E-state index in [1.165, 1.54) is 12.3 Å². The molecule has 0 aromatic carbocycles. The normalized spacial score (nSPS) is 27.4. The van der Waals surface area contributed by atoms with E-state index in [2.05, 4.69) is 10.3 Å². The second kappa shape index (κ2) is 4.81. The number of halogens is 1. The van der Waals surface area contributed by atoms with Gasteiger partial charge < -0.3 is 15.0 Å². The number of rotatable bonds is 3. The lowest BCUT2D eigenvalue weighted by Crippen LogP contribution is -2.50. The number of hydrogen-bond donors (Lipinski definition) is 2. The average molecular weight is 307 g/mol. The summed E-state index contributed by atoms with van der Waals surface area (Å²) < 4.78 is 27.7. The minimum absolute atomic E-state index is 0.0948. The fourth-order valence-corrected chi connectivity index (χ4v) is 2.70. The SMILES string of the molecule is CC1OCCC1(C)NC(=O)c1cc(S(=O)(=O)Cl)c[nH]1. The van der Waals surface area contributed by atoms with Crippen LogP contribution in [0.4, 0.5) is 0 Å². The van der Waals surface area contributed by atoms with Crippen molar-refractivity contribution in [2.75, 3.05) is 6.61 Å². The third kappa shape index (κ3) is 2.93. The lowest BCUT2D eigenvalue weighted by molar-refractivity contribution is 0.0724. The van der Waals surface area contributed by atoms with E-state index in [0.717, 1.165) is 0 Å². The number of hydrogen-bond acceptors (Lipinski definition) is 4. The maximum atomic E-state index is 12.1. The van der Waals surface area contributed by atoms with Crippen LogP contribution >= 0.6 is 10.7 Å². The molecule has 2 unspecified atom stereocenters. The number of nitrogens with one attached hydrogen (secondary N) is 2. The van der Waals surface area contributed by atoms with Crippen molar-refractivity contribution >= 4 is 25.6 Å². The van der Waals surface area contributed by atoms with Gasteiger partial charge in [-0.05, 0) is 26.3 Å². The second-order valence-electron chi connectivity index (χ2n) is 4.82. The van der Waals surface area contributed by atoms with E-state index in [-0.39, 0.29) is 22.6 Å². The summed E-state index contributed by atoms with van der Waals surface area (Å²) in [5, 5.41) is 2.85. The summed E-state index contributed by atoms with van der Waals surface area (Å²) in [4.78, 5) is 14.5. The zero-order valence-electron chi connectivity index (χ0n) is 10.6. The van der Waals surface area contributed by atoms with Gasteiger partial charge in [0.25, 0.3) is 15.0 Å². The van der Waals surface area contributed by atoms with Gasteiger partial charge in [0.15, 0.2) is 0 Å². The van der Waals surface area contributed by atoms with Gasteiger partial charge in [-0.25, -0.2) is 8.42 Å². The van der Waals surface area contributed by atoms with Crippen LogP contribution in [0.2, 0.25) is 0 Å². The predicted molar refractivity (Wildman–Crippen MR) is 69.7 cm³/mol. The molecule has 1 aromatic rings. The van der Waals surface area contributed by atoms with E-state index in [1.807, 2.05) is 13.8 Å². The number of amides is 1. The summed E-state index contributed by atoms with van der Waals surface area (Å²) in [6, 6.07) is 1.21. The summed E-state index contributed by atoms with van der Waals surface area (Å²) >= 11 is 0. The lowest BCUT2D eigenvalue weighted by atomic mass is 9.94. The third-order valence-electron chi connectivity index (χ3n) is 3.47. The fourth-order valence-electron chi connectivity index (χ4n) is 1.97. The molecular formula is C11H15ClN2O4S. The van der Waals surface area contributed by atoms with E-state index in [9.17, 15) is 13.2 Å². The molecule has 2 heterocycles. The Hall–Kier alpha value is -1.05. The molecule has 0 saturated carbocycles. The van der Waals surface area contributed by atoms with E-state index >= 15 is 0 Å². The van der Waals surface area contributed by atoms with Gasteiger partial charge in [0.2, 0.25) is 0 Å². The summed E-state index contributed by atoms with van der Waals surface area (Å²) in [6.45, 7) is 4.37. The van der Waals surface area contributed by atoms with Gasteiger partial charge in [-0.2, -0.15) is 0 Å². The maximum Gasteiger partial charge on any atom is 0.268 e. The van der Waals surface area contributed by atoms with Gasteiger partial charge in [0.05, 0.1) is 11.6 Å². The van der Waals surface area contributed by atoms with Crippen molar-refractivity contribution in [2.45, 2.75) is 36.8 Å². The number of carbonyl (C=O) groups is 1. The van der Waals surface area contributed by atoms with Gasteiger partial charge in [-0.15, -0.1) is 0 Å². The number of ether oxygens (including phenoxy) is 1. The Kier molecular flexibility index (Phi) is 3.63. The van der Waals surface area contributed by atoms with Crippen molar-refractivity contribution in [1.29, 1.82) is 0 Å². The lowest BCUT2D eigenvalue weighted by Gasteiger charge is -2.28. The van der Waals surface area contributed by atoms with Crippen molar-refractivity contribution < 1.29 is 17.9 Å². The fraction of sp³-hybridized carbons (Fsp3) is 0.545. The molecule has 6 nitrogen and oxygen atoms in total. The number of aromatic amines is 1. The second-order valence-corrected chi connectivity index (χ2v) is 7.39. The molecule has 1 saturated heterocycles. The molecule has 1 fully saturated rings. The van der Waals surface area contributed by atoms with Gasteiger partial charge in [-0.3, -0.25) is 4.79 Å². The van der Waals surface area contributed by atoms with E-state index < -0.39 is 14.6 Å². The molecule has 106 valence electrons. The zero-order valence-corrected chi connectivity index (χ0v) is 12.1. The first kappa shape index (κ1) is 14.4. The van der Waals surface area contributed by atoms with E-state index in [1.54, 1.807) is 0 Å². The highest BCUT2D eigenvalue weighted by molar-refractivity contribution is 8.13. The quantitative estimate of drug-likeness (QED) is 0.822. The van der Waals surface area contributed by atoms with Crippen molar-refractivity contribution in [3.8, 4) is 0 Å². The Morgan fingerprint density at radius 2 is 2.32 bits per heavy atom.